The zero-order valence-corrected chi connectivity index (χ0v) is 25.2. The summed E-state index contributed by atoms with van der Waals surface area (Å²) in [7, 11) is 0. The molecule has 2 aliphatic heterocycles. The maximum atomic E-state index is 14.0. The van der Waals surface area contributed by atoms with Crippen LogP contribution in [0.25, 0.3) is 0 Å². The van der Waals surface area contributed by atoms with Gasteiger partial charge >= 0.3 is 10.8 Å². The Balaban J connectivity index is 1.37. The summed E-state index contributed by atoms with van der Waals surface area (Å²) in [5.41, 5.74) is 2.69. The predicted octanol–water partition coefficient (Wildman–Crippen LogP) is 4.97. The SMILES string of the molecule is CCOC(=O)c1ccc(N2C(=O)[C@H]3[C@H](c4ccc(F)cc4)c4sc(=O)n(CC(=O)Nc5cccc(C)c5)c4S[C@H]3C2=O)cc1. The van der Waals surface area contributed by atoms with Crippen LogP contribution in [0.1, 0.15) is 39.2 Å². The molecule has 224 valence electrons. The number of thioether (sulfide) groups is 1. The van der Waals surface area contributed by atoms with Crippen molar-refractivity contribution in [1.82, 2.24) is 4.57 Å². The lowest BCUT2D eigenvalue weighted by atomic mass is 9.83. The first-order valence-corrected chi connectivity index (χ1v) is 15.5. The van der Waals surface area contributed by atoms with Gasteiger partial charge in [-0.2, -0.15) is 0 Å². The van der Waals surface area contributed by atoms with E-state index in [1.807, 2.05) is 25.1 Å². The molecule has 1 aromatic heterocycles. The number of esters is 1. The van der Waals surface area contributed by atoms with Gasteiger partial charge in [-0.25, -0.2) is 14.1 Å². The van der Waals surface area contributed by atoms with Gasteiger partial charge in [0.05, 0.1) is 28.8 Å². The highest BCUT2D eigenvalue weighted by Crippen LogP contribution is 2.53. The van der Waals surface area contributed by atoms with Gasteiger partial charge in [0, 0.05) is 16.5 Å². The van der Waals surface area contributed by atoms with Crippen molar-refractivity contribution in [2.45, 2.75) is 36.6 Å². The van der Waals surface area contributed by atoms with Crippen molar-refractivity contribution < 1.29 is 28.3 Å². The second-order valence-corrected chi connectivity index (χ2v) is 12.5. The van der Waals surface area contributed by atoms with Crippen molar-refractivity contribution in [2.24, 2.45) is 5.92 Å². The van der Waals surface area contributed by atoms with Crippen LogP contribution in [0.3, 0.4) is 0 Å². The van der Waals surface area contributed by atoms with Crippen LogP contribution >= 0.6 is 23.1 Å². The van der Waals surface area contributed by atoms with Gasteiger partial charge in [-0.05, 0) is 73.5 Å². The van der Waals surface area contributed by atoms with E-state index in [9.17, 15) is 28.4 Å². The van der Waals surface area contributed by atoms with E-state index < -0.39 is 51.5 Å². The summed E-state index contributed by atoms with van der Waals surface area (Å²) >= 11 is 2.00. The van der Waals surface area contributed by atoms with Gasteiger partial charge < -0.3 is 10.1 Å². The molecule has 4 aromatic rings. The monoisotopic (exact) mass is 631 g/mol. The van der Waals surface area contributed by atoms with E-state index in [-0.39, 0.29) is 18.7 Å². The number of thiazole rings is 1. The van der Waals surface area contributed by atoms with Crippen LogP contribution in [0.5, 0.6) is 0 Å². The first-order valence-electron chi connectivity index (χ1n) is 13.8. The number of hydrogen-bond acceptors (Lipinski definition) is 8. The first kappa shape index (κ1) is 29.5. The summed E-state index contributed by atoms with van der Waals surface area (Å²) < 4.78 is 20.3. The van der Waals surface area contributed by atoms with E-state index in [0.717, 1.165) is 33.6 Å². The fourth-order valence-electron chi connectivity index (χ4n) is 5.57. The molecule has 0 spiro atoms. The lowest BCUT2D eigenvalue weighted by Gasteiger charge is -2.30. The summed E-state index contributed by atoms with van der Waals surface area (Å²) in [5.74, 6) is -3.98. The molecule has 3 atom stereocenters. The Kier molecular flexibility index (Phi) is 7.95. The number of carbonyl (C=O) groups excluding carboxylic acids is 4. The minimum Gasteiger partial charge on any atom is -0.462 e. The molecule has 3 heterocycles. The minimum absolute atomic E-state index is 0.206. The van der Waals surface area contributed by atoms with Gasteiger partial charge in [-0.1, -0.05) is 47.4 Å². The number of benzene rings is 3. The zero-order chi connectivity index (χ0) is 31.1. The molecule has 0 unspecified atom stereocenters. The first-order chi connectivity index (χ1) is 21.2. The molecule has 2 aliphatic rings. The number of hydrogen-bond donors (Lipinski definition) is 1. The maximum Gasteiger partial charge on any atom is 0.338 e. The molecule has 3 amide bonds. The maximum absolute atomic E-state index is 14.0. The van der Waals surface area contributed by atoms with Crippen molar-refractivity contribution in [3.63, 3.8) is 0 Å². The van der Waals surface area contributed by atoms with Crippen molar-refractivity contribution in [3.8, 4) is 0 Å². The number of aromatic nitrogens is 1. The molecule has 3 aromatic carbocycles. The summed E-state index contributed by atoms with van der Waals surface area (Å²) in [4.78, 5) is 67.6. The van der Waals surface area contributed by atoms with Gasteiger partial charge in [0.1, 0.15) is 17.6 Å². The van der Waals surface area contributed by atoms with Gasteiger partial charge in [-0.3, -0.25) is 23.7 Å². The average molecular weight is 632 g/mol. The number of nitrogens with zero attached hydrogens (tertiary/aromatic N) is 2. The van der Waals surface area contributed by atoms with Gasteiger partial charge in [-0.15, -0.1) is 0 Å². The molecule has 1 N–H and O–H groups in total. The second kappa shape index (κ2) is 11.9. The van der Waals surface area contributed by atoms with Gasteiger partial charge in [0.15, 0.2) is 0 Å². The van der Waals surface area contributed by atoms with Gasteiger partial charge in [0.25, 0.3) is 0 Å². The third-order valence-electron chi connectivity index (χ3n) is 7.52. The number of fused-ring (bicyclic) bond motifs is 2. The van der Waals surface area contributed by atoms with Gasteiger partial charge in [0.2, 0.25) is 17.7 Å². The Morgan fingerprint density at radius 3 is 2.39 bits per heavy atom. The third kappa shape index (κ3) is 5.35. The number of ether oxygens (including phenoxy) is 1. The third-order valence-corrected chi connectivity index (χ3v) is 10.1. The van der Waals surface area contributed by atoms with Crippen LogP contribution in [0.15, 0.2) is 82.6 Å². The van der Waals surface area contributed by atoms with E-state index in [2.05, 4.69) is 5.32 Å². The summed E-state index contributed by atoms with van der Waals surface area (Å²) in [6.07, 6.45) is 0. The number of halogens is 1. The molecule has 9 nitrogen and oxygen atoms in total. The fourth-order valence-corrected chi connectivity index (χ4v) is 8.34. The fraction of sp³-hybridized carbons (Fsp3) is 0.219. The van der Waals surface area contributed by atoms with Crippen LogP contribution in [0, 0.1) is 18.7 Å². The molecule has 1 fully saturated rings. The summed E-state index contributed by atoms with van der Waals surface area (Å²) in [6.45, 7) is 3.51. The number of anilines is 2. The Labute approximate surface area is 259 Å². The lowest BCUT2D eigenvalue weighted by Crippen LogP contribution is -2.33. The summed E-state index contributed by atoms with van der Waals surface area (Å²) in [6, 6.07) is 18.9. The predicted molar refractivity (Wildman–Crippen MR) is 165 cm³/mol. The van der Waals surface area contributed by atoms with Crippen LogP contribution in [-0.4, -0.2) is 40.1 Å². The number of rotatable bonds is 7. The smallest absolute Gasteiger partial charge is 0.338 e. The lowest BCUT2D eigenvalue weighted by molar-refractivity contribution is -0.122. The Bertz CT molecular complexity index is 1850. The highest BCUT2D eigenvalue weighted by molar-refractivity contribution is 8.00. The number of imide groups is 1. The molecule has 0 saturated carbocycles. The van der Waals surface area contributed by atoms with Crippen LogP contribution < -0.4 is 15.1 Å². The molecule has 6 rings (SSSR count). The Hall–Kier alpha value is -4.55. The van der Waals surface area contributed by atoms with Crippen molar-refractivity contribution >= 4 is 58.2 Å². The van der Waals surface area contributed by atoms with E-state index in [4.69, 9.17) is 4.74 Å². The van der Waals surface area contributed by atoms with Crippen molar-refractivity contribution in [3.05, 3.63) is 110 Å². The normalized spacial score (nSPS) is 19.0. The molecular formula is C32H26FN3O6S2. The molecule has 12 heteroatoms. The minimum atomic E-state index is -0.908. The highest BCUT2D eigenvalue weighted by Gasteiger charge is 2.56. The number of amides is 3. The van der Waals surface area contributed by atoms with E-state index in [1.165, 1.54) is 41.0 Å². The molecule has 0 bridgehead atoms. The quantitative estimate of drug-likeness (QED) is 0.226. The molecule has 0 aliphatic carbocycles. The van der Waals surface area contributed by atoms with Crippen LogP contribution in [0.2, 0.25) is 0 Å². The Morgan fingerprint density at radius 2 is 1.70 bits per heavy atom. The average Bonchev–Trinajstić information content (AvgIpc) is 3.44. The van der Waals surface area contributed by atoms with E-state index in [0.29, 0.717) is 26.8 Å². The molecule has 44 heavy (non-hydrogen) atoms. The standard InChI is InChI=1S/C32H26FN3O6S2/c1-3-42-31(40)19-9-13-22(14-10-19)36-28(38)25-24(18-7-11-20(33)12-8-18)27-30(43-26(25)29(36)39)35(32(41)44-27)16-23(37)34-21-6-4-5-17(2)15-21/h4-15,24-26H,3,16H2,1-2H3,(H,34,37)/t24-,25-,26+/m0/s1. The second-order valence-electron chi connectivity index (χ2n) is 10.4. The Morgan fingerprint density at radius 1 is 0.977 bits per heavy atom. The van der Waals surface area contributed by atoms with E-state index in [1.54, 1.807) is 25.1 Å². The van der Waals surface area contributed by atoms with Crippen molar-refractivity contribution in [2.75, 3.05) is 16.8 Å². The summed E-state index contributed by atoms with van der Waals surface area (Å²) in [5, 5.41) is 2.33. The number of nitrogens with one attached hydrogen (secondary N) is 1. The largest absolute Gasteiger partial charge is 0.462 e. The number of carbonyl (C=O) groups is 4. The molecule has 1 saturated heterocycles. The highest BCUT2D eigenvalue weighted by atomic mass is 32.2. The van der Waals surface area contributed by atoms with E-state index >= 15 is 0 Å². The van der Waals surface area contributed by atoms with Crippen molar-refractivity contribution in [1.29, 1.82) is 0 Å². The molecule has 0 radical (unpaired) electrons. The van der Waals surface area contributed by atoms with Crippen LogP contribution in [-0.2, 0) is 25.7 Å². The topological polar surface area (TPSA) is 115 Å². The number of aryl methyl sites for hydroxylation is 1. The zero-order valence-electron chi connectivity index (χ0n) is 23.6. The molecular weight excluding hydrogens is 605 g/mol. The van der Waals surface area contributed by atoms with Crippen LogP contribution in [0.4, 0.5) is 15.8 Å².